The molecule has 2 aromatic carbocycles. The van der Waals surface area contributed by atoms with Gasteiger partial charge < -0.3 is 15.4 Å². The van der Waals surface area contributed by atoms with Crippen LogP contribution in [0.2, 0.25) is 5.02 Å². The van der Waals surface area contributed by atoms with Crippen molar-refractivity contribution in [3.8, 4) is 0 Å². The van der Waals surface area contributed by atoms with E-state index in [4.69, 9.17) is 22.1 Å². The molecule has 0 aromatic heterocycles. The zero-order valence-corrected chi connectivity index (χ0v) is 15.4. The molecule has 26 heavy (non-hydrogen) atoms. The van der Waals surface area contributed by atoms with Crippen molar-refractivity contribution in [3.63, 3.8) is 0 Å². The van der Waals surface area contributed by atoms with E-state index in [0.717, 1.165) is 38.3 Å². The molecule has 1 amide bonds. The van der Waals surface area contributed by atoms with Gasteiger partial charge in [0.25, 0.3) is 0 Å². The highest BCUT2D eigenvalue weighted by molar-refractivity contribution is 6.30. The van der Waals surface area contributed by atoms with Gasteiger partial charge in [0.1, 0.15) is 6.10 Å². The molecule has 0 saturated carbocycles. The topological polar surface area (TPSA) is 58.8 Å². The minimum atomic E-state index is -0.760. The normalized spacial score (nSPS) is 16.3. The number of amides is 1. The van der Waals surface area contributed by atoms with Gasteiger partial charge in [-0.1, -0.05) is 41.9 Å². The molecule has 5 nitrogen and oxygen atoms in total. The number of hydrogen-bond acceptors (Lipinski definition) is 4. The number of nitrogens with two attached hydrogens (primary N) is 1. The third-order valence-corrected chi connectivity index (χ3v) is 4.92. The summed E-state index contributed by atoms with van der Waals surface area (Å²) >= 11 is 6.06. The number of para-hydroxylation sites is 1. The van der Waals surface area contributed by atoms with Crippen LogP contribution in [-0.2, 0) is 4.74 Å². The van der Waals surface area contributed by atoms with Crippen molar-refractivity contribution >= 4 is 23.4 Å². The zero-order valence-electron chi connectivity index (χ0n) is 14.7. The quantitative estimate of drug-likeness (QED) is 0.838. The van der Waals surface area contributed by atoms with Crippen LogP contribution in [0.1, 0.15) is 18.1 Å². The van der Waals surface area contributed by atoms with Crippen molar-refractivity contribution in [3.05, 3.63) is 65.2 Å². The largest absolute Gasteiger partial charge is 0.441 e. The van der Waals surface area contributed by atoms with Crippen LogP contribution in [0, 0.1) is 0 Å². The van der Waals surface area contributed by atoms with E-state index in [0.29, 0.717) is 11.4 Å². The van der Waals surface area contributed by atoms with Gasteiger partial charge in [-0.2, -0.15) is 0 Å². The number of nitrogens with zero attached hydrogens (tertiary/aromatic N) is 2. The van der Waals surface area contributed by atoms with E-state index in [1.165, 1.54) is 5.69 Å². The molecule has 1 aliphatic heterocycles. The summed E-state index contributed by atoms with van der Waals surface area (Å²) in [6.07, 6.45) is -0.448. The highest BCUT2D eigenvalue weighted by Crippen LogP contribution is 2.25. The Balaban J connectivity index is 1.54. The number of benzene rings is 2. The maximum Gasteiger partial charge on any atom is 0.405 e. The lowest BCUT2D eigenvalue weighted by atomic mass is 10.1. The zero-order chi connectivity index (χ0) is 18.4. The van der Waals surface area contributed by atoms with Gasteiger partial charge in [-0.3, -0.25) is 4.90 Å². The number of primary amides is 1. The molecule has 1 saturated heterocycles. The smallest absolute Gasteiger partial charge is 0.405 e. The molecule has 2 aromatic rings. The Morgan fingerprint density at radius 3 is 2.46 bits per heavy atom. The summed E-state index contributed by atoms with van der Waals surface area (Å²) in [6.45, 7) is 4.78. The first-order valence-electron chi connectivity index (χ1n) is 8.86. The second-order valence-electron chi connectivity index (χ2n) is 6.43. The van der Waals surface area contributed by atoms with Gasteiger partial charge >= 0.3 is 6.09 Å². The van der Waals surface area contributed by atoms with Crippen molar-refractivity contribution in [1.29, 1.82) is 0 Å². The summed E-state index contributed by atoms with van der Waals surface area (Å²) in [6, 6.07) is 17.8. The Kier molecular flexibility index (Phi) is 6.36. The lowest BCUT2D eigenvalue weighted by molar-refractivity contribution is 0.0910. The fourth-order valence-electron chi connectivity index (χ4n) is 3.31. The number of carbonyl (C=O) groups is 1. The molecule has 1 aliphatic rings. The fourth-order valence-corrected chi connectivity index (χ4v) is 3.51. The van der Waals surface area contributed by atoms with Crippen LogP contribution in [0.4, 0.5) is 10.5 Å². The number of anilines is 1. The predicted molar refractivity (Wildman–Crippen MR) is 105 cm³/mol. The Labute approximate surface area is 159 Å². The highest BCUT2D eigenvalue weighted by atomic mass is 35.5. The lowest BCUT2D eigenvalue weighted by Crippen LogP contribution is -2.46. The Bertz CT molecular complexity index is 718. The summed E-state index contributed by atoms with van der Waals surface area (Å²) in [5, 5.41) is 0.622. The average molecular weight is 374 g/mol. The van der Waals surface area contributed by atoms with Crippen LogP contribution in [0.3, 0.4) is 0 Å². The van der Waals surface area contributed by atoms with Gasteiger partial charge in [0, 0.05) is 49.9 Å². The highest BCUT2D eigenvalue weighted by Gasteiger charge is 2.21. The van der Waals surface area contributed by atoms with Gasteiger partial charge in [-0.05, 0) is 29.8 Å². The Morgan fingerprint density at radius 1 is 1.08 bits per heavy atom. The van der Waals surface area contributed by atoms with Gasteiger partial charge in [0.2, 0.25) is 0 Å². The maximum absolute atomic E-state index is 11.3. The molecular weight excluding hydrogens is 350 g/mol. The molecule has 1 atom stereocenters. The molecular formula is C20H24ClN3O2. The van der Waals surface area contributed by atoms with Crippen LogP contribution < -0.4 is 10.6 Å². The van der Waals surface area contributed by atoms with Crippen molar-refractivity contribution in [1.82, 2.24) is 4.90 Å². The van der Waals surface area contributed by atoms with E-state index in [2.05, 4.69) is 34.1 Å². The predicted octanol–water partition coefficient (Wildman–Crippen LogP) is 3.69. The van der Waals surface area contributed by atoms with Crippen molar-refractivity contribution in [2.45, 2.75) is 12.5 Å². The SMILES string of the molecule is NC(=O)OC(CCN1CCN(c2ccccc2)CC1)c1cccc(Cl)c1. The summed E-state index contributed by atoms with van der Waals surface area (Å²) in [4.78, 5) is 16.0. The summed E-state index contributed by atoms with van der Waals surface area (Å²) in [5.41, 5.74) is 7.38. The molecule has 3 rings (SSSR count). The summed E-state index contributed by atoms with van der Waals surface area (Å²) in [7, 11) is 0. The molecule has 1 heterocycles. The molecule has 0 radical (unpaired) electrons. The molecule has 1 fully saturated rings. The Morgan fingerprint density at radius 2 is 1.81 bits per heavy atom. The minimum Gasteiger partial charge on any atom is -0.441 e. The van der Waals surface area contributed by atoms with Crippen molar-refractivity contribution < 1.29 is 9.53 Å². The van der Waals surface area contributed by atoms with E-state index in [-0.39, 0.29) is 6.10 Å². The molecule has 1 unspecified atom stereocenters. The average Bonchev–Trinajstić information content (AvgIpc) is 2.66. The third-order valence-electron chi connectivity index (χ3n) is 4.68. The van der Waals surface area contributed by atoms with E-state index >= 15 is 0 Å². The third kappa shape index (κ3) is 5.13. The van der Waals surface area contributed by atoms with Crippen molar-refractivity contribution in [2.24, 2.45) is 5.73 Å². The minimum absolute atomic E-state index is 0.377. The first kappa shape index (κ1) is 18.5. The van der Waals surface area contributed by atoms with Gasteiger partial charge in [-0.15, -0.1) is 0 Å². The van der Waals surface area contributed by atoms with E-state index in [1.807, 2.05) is 24.3 Å². The summed E-state index contributed by atoms with van der Waals surface area (Å²) in [5.74, 6) is 0. The van der Waals surface area contributed by atoms with Crippen LogP contribution in [0.15, 0.2) is 54.6 Å². The van der Waals surface area contributed by atoms with Gasteiger partial charge in [0.05, 0.1) is 0 Å². The van der Waals surface area contributed by atoms with Crippen molar-refractivity contribution in [2.75, 3.05) is 37.6 Å². The first-order valence-corrected chi connectivity index (χ1v) is 9.23. The van der Waals surface area contributed by atoms with Gasteiger partial charge in [-0.25, -0.2) is 4.79 Å². The standard InChI is InChI=1S/C20H24ClN3O2/c21-17-6-4-5-16(15-17)19(26-20(22)25)9-10-23-11-13-24(14-12-23)18-7-2-1-3-8-18/h1-8,15,19H,9-14H2,(H2,22,25). The molecule has 2 N–H and O–H groups in total. The monoisotopic (exact) mass is 373 g/mol. The maximum atomic E-state index is 11.3. The number of piperazine rings is 1. The molecule has 0 spiro atoms. The molecule has 0 aliphatic carbocycles. The molecule has 138 valence electrons. The van der Waals surface area contributed by atoms with Gasteiger partial charge in [0.15, 0.2) is 0 Å². The van der Waals surface area contributed by atoms with Crippen LogP contribution in [0.25, 0.3) is 0 Å². The number of carbonyl (C=O) groups excluding carboxylic acids is 1. The number of halogens is 1. The fraction of sp³-hybridized carbons (Fsp3) is 0.350. The molecule has 0 bridgehead atoms. The van der Waals surface area contributed by atoms with E-state index in [9.17, 15) is 4.79 Å². The van der Waals surface area contributed by atoms with Crippen LogP contribution in [0.5, 0.6) is 0 Å². The number of ether oxygens (including phenoxy) is 1. The first-order chi connectivity index (χ1) is 12.6. The van der Waals surface area contributed by atoms with Crippen LogP contribution >= 0.6 is 11.6 Å². The lowest BCUT2D eigenvalue weighted by Gasteiger charge is -2.36. The van der Waals surface area contributed by atoms with Crippen LogP contribution in [-0.4, -0.2) is 43.7 Å². The second kappa shape index (κ2) is 8.92. The van der Waals surface area contributed by atoms with E-state index in [1.54, 1.807) is 6.07 Å². The molecule has 6 heteroatoms. The van der Waals surface area contributed by atoms with E-state index < -0.39 is 6.09 Å². The number of hydrogen-bond donors (Lipinski definition) is 1. The second-order valence-corrected chi connectivity index (χ2v) is 6.87. The summed E-state index contributed by atoms with van der Waals surface area (Å²) < 4.78 is 5.32. The Hall–Kier alpha value is -2.24. The number of rotatable bonds is 6.